The van der Waals surface area contributed by atoms with E-state index in [0.29, 0.717) is 19.4 Å². The lowest BCUT2D eigenvalue weighted by molar-refractivity contribution is -0.150. The first-order valence-corrected chi connectivity index (χ1v) is 14.2. The molecule has 0 aromatic heterocycles. The lowest BCUT2D eigenvalue weighted by Crippen LogP contribution is -2.21. The van der Waals surface area contributed by atoms with Gasteiger partial charge in [-0.15, -0.1) is 0 Å². The second kappa shape index (κ2) is 21.5. The van der Waals surface area contributed by atoms with Crippen LogP contribution in [0.4, 0.5) is 0 Å². The van der Waals surface area contributed by atoms with Crippen LogP contribution < -0.4 is 0 Å². The van der Waals surface area contributed by atoms with E-state index in [4.69, 9.17) is 9.47 Å². The zero-order valence-electron chi connectivity index (χ0n) is 22.9. The van der Waals surface area contributed by atoms with Crippen molar-refractivity contribution in [2.24, 2.45) is 5.41 Å². The molecule has 0 aliphatic carbocycles. The van der Waals surface area contributed by atoms with Crippen molar-refractivity contribution in [1.29, 1.82) is 0 Å². The number of hydrogen-bond acceptors (Lipinski definition) is 4. The van der Waals surface area contributed by atoms with E-state index in [9.17, 15) is 9.59 Å². The van der Waals surface area contributed by atoms with Gasteiger partial charge in [-0.05, 0) is 50.4 Å². The molecule has 1 unspecified atom stereocenters. The molecule has 0 amide bonds. The Labute approximate surface area is 206 Å². The fourth-order valence-electron chi connectivity index (χ4n) is 4.27. The Morgan fingerprint density at radius 1 is 0.636 bits per heavy atom. The number of carbonyl (C=O) groups excluding carboxylic acids is 2. The van der Waals surface area contributed by atoms with E-state index in [2.05, 4.69) is 34.6 Å². The van der Waals surface area contributed by atoms with Gasteiger partial charge in [-0.3, -0.25) is 9.59 Å². The van der Waals surface area contributed by atoms with E-state index < -0.39 is 0 Å². The molecular formula is C29H56O4. The van der Waals surface area contributed by atoms with Crippen molar-refractivity contribution in [3.8, 4) is 0 Å². The molecule has 0 saturated heterocycles. The Balaban J connectivity index is 3.93. The van der Waals surface area contributed by atoms with Crippen molar-refractivity contribution < 1.29 is 19.1 Å². The average Bonchev–Trinajstić information content (AvgIpc) is 2.77. The number of rotatable bonds is 23. The van der Waals surface area contributed by atoms with Gasteiger partial charge in [0.1, 0.15) is 6.10 Å². The molecule has 0 aromatic carbocycles. The van der Waals surface area contributed by atoms with Crippen LogP contribution in [-0.4, -0.2) is 24.6 Å². The van der Waals surface area contributed by atoms with Crippen molar-refractivity contribution >= 4 is 11.9 Å². The van der Waals surface area contributed by atoms with Gasteiger partial charge in [0.25, 0.3) is 0 Å². The summed E-state index contributed by atoms with van der Waals surface area (Å²) in [5.74, 6) is -0.0558. The largest absolute Gasteiger partial charge is 0.465 e. The third-order valence-electron chi connectivity index (χ3n) is 6.37. The summed E-state index contributed by atoms with van der Waals surface area (Å²) in [5.41, 5.74) is 0.0854. The standard InChI is InChI=1S/C29H56O4/c1-6-9-11-17-20-26(33-28(31)23-16-10-7-2)21-18-14-12-13-15-19-22-27(30)32-25-29(4,5)24-8-3/h26H,6-25H2,1-5H3. The van der Waals surface area contributed by atoms with E-state index in [1.165, 1.54) is 32.1 Å². The molecule has 0 saturated carbocycles. The maximum absolute atomic E-state index is 12.2. The van der Waals surface area contributed by atoms with Crippen molar-refractivity contribution in [2.75, 3.05) is 6.61 Å². The van der Waals surface area contributed by atoms with Crippen LogP contribution in [0.25, 0.3) is 0 Å². The Hall–Kier alpha value is -1.06. The molecule has 0 radical (unpaired) electrons. The number of hydrogen-bond donors (Lipinski definition) is 0. The van der Waals surface area contributed by atoms with E-state index in [1.807, 2.05) is 0 Å². The van der Waals surface area contributed by atoms with Crippen molar-refractivity contribution in [3.05, 3.63) is 0 Å². The Bertz CT molecular complexity index is 472. The second-order valence-electron chi connectivity index (χ2n) is 10.7. The van der Waals surface area contributed by atoms with Crippen molar-refractivity contribution in [3.63, 3.8) is 0 Å². The van der Waals surface area contributed by atoms with Crippen LogP contribution in [0.5, 0.6) is 0 Å². The zero-order valence-corrected chi connectivity index (χ0v) is 22.9. The summed E-state index contributed by atoms with van der Waals surface area (Å²) in [5, 5.41) is 0. The fraction of sp³-hybridized carbons (Fsp3) is 0.931. The van der Waals surface area contributed by atoms with Crippen molar-refractivity contribution in [2.45, 2.75) is 163 Å². The van der Waals surface area contributed by atoms with Crippen LogP contribution >= 0.6 is 0 Å². The smallest absolute Gasteiger partial charge is 0.306 e. The Morgan fingerprint density at radius 2 is 1.12 bits per heavy atom. The summed E-state index contributed by atoms with van der Waals surface area (Å²) < 4.78 is 11.3. The molecule has 4 nitrogen and oxygen atoms in total. The molecule has 1 atom stereocenters. The van der Waals surface area contributed by atoms with Crippen LogP contribution in [0, 0.1) is 5.41 Å². The molecule has 0 N–H and O–H groups in total. The number of esters is 2. The van der Waals surface area contributed by atoms with Gasteiger partial charge >= 0.3 is 11.9 Å². The molecule has 33 heavy (non-hydrogen) atoms. The fourth-order valence-corrected chi connectivity index (χ4v) is 4.27. The molecule has 0 bridgehead atoms. The predicted molar refractivity (Wildman–Crippen MR) is 139 cm³/mol. The third kappa shape index (κ3) is 21.2. The summed E-state index contributed by atoms with van der Waals surface area (Å²) >= 11 is 0. The lowest BCUT2D eigenvalue weighted by Gasteiger charge is -2.23. The molecular weight excluding hydrogens is 412 g/mol. The first-order valence-electron chi connectivity index (χ1n) is 14.2. The molecule has 0 aliphatic heterocycles. The topological polar surface area (TPSA) is 52.6 Å². The zero-order chi connectivity index (χ0) is 24.8. The van der Waals surface area contributed by atoms with Crippen LogP contribution in [0.2, 0.25) is 0 Å². The van der Waals surface area contributed by atoms with Crippen LogP contribution in [-0.2, 0) is 19.1 Å². The van der Waals surface area contributed by atoms with Gasteiger partial charge in [0, 0.05) is 12.8 Å². The van der Waals surface area contributed by atoms with Gasteiger partial charge in [0.05, 0.1) is 6.61 Å². The van der Waals surface area contributed by atoms with Crippen LogP contribution in [0.3, 0.4) is 0 Å². The highest BCUT2D eigenvalue weighted by molar-refractivity contribution is 5.69. The minimum atomic E-state index is -0.0501. The summed E-state index contributed by atoms with van der Waals surface area (Å²) in [6.07, 6.45) is 20.1. The lowest BCUT2D eigenvalue weighted by atomic mass is 9.89. The summed E-state index contributed by atoms with van der Waals surface area (Å²) in [4.78, 5) is 24.1. The Morgan fingerprint density at radius 3 is 1.73 bits per heavy atom. The van der Waals surface area contributed by atoms with Gasteiger partial charge < -0.3 is 9.47 Å². The molecule has 0 aliphatic rings. The van der Waals surface area contributed by atoms with Gasteiger partial charge in [-0.1, -0.05) is 98.8 Å². The van der Waals surface area contributed by atoms with Crippen molar-refractivity contribution in [1.82, 2.24) is 0 Å². The highest BCUT2D eigenvalue weighted by Crippen LogP contribution is 2.23. The molecule has 0 fully saturated rings. The maximum atomic E-state index is 12.2. The SMILES string of the molecule is CCCCCCC(CCCCCCCCC(=O)OCC(C)(C)CCC)OC(=O)CCCCC. The van der Waals surface area contributed by atoms with Crippen LogP contribution in [0.15, 0.2) is 0 Å². The normalized spacial score (nSPS) is 12.5. The maximum Gasteiger partial charge on any atom is 0.306 e. The monoisotopic (exact) mass is 468 g/mol. The van der Waals surface area contributed by atoms with E-state index in [-0.39, 0.29) is 23.5 Å². The van der Waals surface area contributed by atoms with E-state index in [1.54, 1.807) is 0 Å². The molecule has 0 spiro atoms. The van der Waals surface area contributed by atoms with Gasteiger partial charge in [0.2, 0.25) is 0 Å². The first kappa shape index (κ1) is 31.9. The molecule has 196 valence electrons. The third-order valence-corrected chi connectivity index (χ3v) is 6.37. The molecule has 0 heterocycles. The van der Waals surface area contributed by atoms with Gasteiger partial charge in [-0.2, -0.15) is 0 Å². The average molecular weight is 469 g/mol. The first-order chi connectivity index (χ1) is 15.8. The quantitative estimate of drug-likeness (QED) is 0.111. The highest BCUT2D eigenvalue weighted by atomic mass is 16.5. The Kier molecular flexibility index (Phi) is 20.8. The van der Waals surface area contributed by atoms with E-state index >= 15 is 0 Å². The number of unbranched alkanes of at least 4 members (excludes halogenated alkanes) is 10. The number of ether oxygens (including phenoxy) is 2. The predicted octanol–water partition coefficient (Wildman–Crippen LogP) is 8.94. The van der Waals surface area contributed by atoms with Crippen LogP contribution in [0.1, 0.15) is 157 Å². The molecule has 4 heteroatoms. The summed E-state index contributed by atoms with van der Waals surface area (Å²) in [6.45, 7) is 11.4. The summed E-state index contributed by atoms with van der Waals surface area (Å²) in [7, 11) is 0. The van der Waals surface area contributed by atoms with Gasteiger partial charge in [-0.25, -0.2) is 0 Å². The summed E-state index contributed by atoms with van der Waals surface area (Å²) in [6, 6.07) is 0. The van der Waals surface area contributed by atoms with Gasteiger partial charge in [0.15, 0.2) is 0 Å². The minimum absolute atomic E-state index is 0.00564. The highest BCUT2D eigenvalue weighted by Gasteiger charge is 2.19. The minimum Gasteiger partial charge on any atom is -0.465 e. The molecule has 0 aromatic rings. The second-order valence-corrected chi connectivity index (χ2v) is 10.7. The number of carbonyl (C=O) groups is 2. The molecule has 0 rings (SSSR count). The van der Waals surface area contributed by atoms with E-state index in [0.717, 1.165) is 77.0 Å².